The normalized spacial score (nSPS) is 13.9. The number of alkyl halides is 1. The van der Waals surface area contributed by atoms with Crippen LogP contribution in [0.4, 0.5) is 0 Å². The van der Waals surface area contributed by atoms with E-state index in [2.05, 4.69) is 25.6 Å². The van der Waals surface area contributed by atoms with E-state index in [-0.39, 0.29) is 5.03 Å². The van der Waals surface area contributed by atoms with Crippen LogP contribution in [-0.4, -0.2) is 29.3 Å². The fourth-order valence-corrected chi connectivity index (χ4v) is 2.68. The molecule has 1 N–H and O–H groups in total. The van der Waals surface area contributed by atoms with Gasteiger partial charge in [-0.2, -0.15) is 0 Å². The number of rotatable bonds is 6. The average molecular weight is 324 g/mol. The van der Waals surface area contributed by atoms with Gasteiger partial charge in [-0.05, 0) is 20.3 Å². The Morgan fingerprint density at radius 2 is 2.24 bits per heavy atom. The van der Waals surface area contributed by atoms with Crippen LogP contribution in [0.15, 0.2) is 11.2 Å². The third kappa shape index (κ3) is 4.08. The lowest BCUT2D eigenvalue weighted by atomic mass is 10.3. The molecule has 1 rings (SSSR count). The fraction of sp³-hybridized carbons (Fsp3) is 0.700. The molecule has 0 bridgehead atoms. The lowest BCUT2D eigenvalue weighted by Crippen LogP contribution is -2.26. The molecule has 1 heterocycles. The number of hydrogen-bond acceptors (Lipinski definition) is 3. The SMILES string of the molecule is CCn1cc(S(=O)(=O)NCCC(C)Br)nc1C. The highest BCUT2D eigenvalue weighted by Gasteiger charge is 2.18. The Kier molecular flexibility index (Phi) is 5.15. The molecule has 0 aliphatic rings. The maximum atomic E-state index is 11.9. The predicted octanol–water partition coefficient (Wildman–Crippen LogP) is 1.66. The van der Waals surface area contributed by atoms with E-state index in [1.165, 1.54) is 0 Å². The first-order valence-electron chi connectivity index (χ1n) is 5.54. The van der Waals surface area contributed by atoms with Gasteiger partial charge in [0.25, 0.3) is 10.0 Å². The second-order valence-electron chi connectivity index (χ2n) is 3.88. The molecule has 0 aliphatic carbocycles. The zero-order valence-corrected chi connectivity index (χ0v) is 12.7. The Bertz CT molecular complexity index is 468. The van der Waals surface area contributed by atoms with Crippen molar-refractivity contribution in [3.63, 3.8) is 0 Å². The lowest BCUT2D eigenvalue weighted by molar-refractivity contribution is 0.575. The van der Waals surface area contributed by atoms with Crippen LogP contribution >= 0.6 is 15.9 Å². The quantitative estimate of drug-likeness (QED) is 0.810. The van der Waals surface area contributed by atoms with Gasteiger partial charge < -0.3 is 4.57 Å². The van der Waals surface area contributed by atoms with Crippen molar-refractivity contribution in [2.45, 2.75) is 43.6 Å². The summed E-state index contributed by atoms with van der Waals surface area (Å²) in [5, 5.41) is 0.0964. The average Bonchev–Trinajstić information content (AvgIpc) is 2.59. The van der Waals surface area contributed by atoms with Crippen molar-refractivity contribution >= 4 is 26.0 Å². The molecule has 0 radical (unpaired) electrons. The summed E-state index contributed by atoms with van der Waals surface area (Å²) < 4.78 is 28.1. The molecule has 0 saturated carbocycles. The summed E-state index contributed by atoms with van der Waals surface area (Å²) in [6.07, 6.45) is 2.31. The topological polar surface area (TPSA) is 64.0 Å². The van der Waals surface area contributed by atoms with Gasteiger partial charge in [-0.25, -0.2) is 18.1 Å². The molecule has 1 aromatic heterocycles. The van der Waals surface area contributed by atoms with Crippen LogP contribution in [0.1, 0.15) is 26.1 Å². The van der Waals surface area contributed by atoms with Gasteiger partial charge in [-0.1, -0.05) is 22.9 Å². The van der Waals surface area contributed by atoms with Gasteiger partial charge in [0.2, 0.25) is 0 Å². The fourth-order valence-electron chi connectivity index (χ4n) is 1.40. The molecule has 1 aromatic rings. The van der Waals surface area contributed by atoms with Gasteiger partial charge in [-0.15, -0.1) is 0 Å². The Hall–Kier alpha value is -0.400. The molecule has 17 heavy (non-hydrogen) atoms. The van der Waals surface area contributed by atoms with E-state index in [1.807, 2.05) is 18.4 Å². The van der Waals surface area contributed by atoms with E-state index in [0.717, 1.165) is 6.42 Å². The molecule has 1 unspecified atom stereocenters. The molecular weight excluding hydrogens is 306 g/mol. The molecule has 0 amide bonds. The molecule has 98 valence electrons. The van der Waals surface area contributed by atoms with Gasteiger partial charge in [0.1, 0.15) is 5.82 Å². The summed E-state index contributed by atoms with van der Waals surface area (Å²) in [4.78, 5) is 4.34. The van der Waals surface area contributed by atoms with Gasteiger partial charge in [0, 0.05) is 24.1 Å². The molecule has 0 fully saturated rings. The Labute approximate surface area is 111 Å². The van der Waals surface area contributed by atoms with Crippen LogP contribution in [0.5, 0.6) is 0 Å². The van der Waals surface area contributed by atoms with E-state index in [0.29, 0.717) is 23.7 Å². The smallest absolute Gasteiger partial charge is 0.259 e. The van der Waals surface area contributed by atoms with E-state index in [9.17, 15) is 8.42 Å². The second kappa shape index (κ2) is 5.97. The van der Waals surface area contributed by atoms with Crippen molar-refractivity contribution in [2.75, 3.05) is 6.54 Å². The number of hydrogen-bond donors (Lipinski definition) is 1. The number of halogens is 1. The van der Waals surface area contributed by atoms with Crippen LogP contribution in [0.3, 0.4) is 0 Å². The first kappa shape index (κ1) is 14.7. The summed E-state index contributed by atoms with van der Waals surface area (Å²) in [6.45, 7) is 6.85. The van der Waals surface area contributed by atoms with E-state index < -0.39 is 10.0 Å². The number of aromatic nitrogens is 2. The van der Waals surface area contributed by atoms with Crippen LogP contribution in [-0.2, 0) is 16.6 Å². The van der Waals surface area contributed by atoms with Crippen LogP contribution < -0.4 is 4.72 Å². The number of nitrogens with one attached hydrogen (secondary N) is 1. The minimum atomic E-state index is -3.47. The molecule has 0 spiro atoms. The van der Waals surface area contributed by atoms with Gasteiger partial charge >= 0.3 is 0 Å². The summed E-state index contributed by atoms with van der Waals surface area (Å²) >= 11 is 3.37. The first-order chi connectivity index (χ1) is 7.86. The highest BCUT2D eigenvalue weighted by Crippen LogP contribution is 2.09. The monoisotopic (exact) mass is 323 g/mol. The van der Waals surface area contributed by atoms with E-state index >= 15 is 0 Å². The van der Waals surface area contributed by atoms with Crippen molar-refractivity contribution in [3.05, 3.63) is 12.0 Å². The van der Waals surface area contributed by atoms with Crippen molar-refractivity contribution in [1.29, 1.82) is 0 Å². The molecule has 0 aromatic carbocycles. The Balaban J connectivity index is 2.75. The molecule has 0 aliphatic heterocycles. The van der Waals surface area contributed by atoms with Crippen molar-refractivity contribution in [2.24, 2.45) is 0 Å². The third-order valence-corrected chi connectivity index (χ3v) is 4.19. The third-order valence-electron chi connectivity index (χ3n) is 2.40. The predicted molar refractivity (Wildman–Crippen MR) is 70.8 cm³/mol. The van der Waals surface area contributed by atoms with E-state index in [1.54, 1.807) is 13.1 Å². The molecule has 1 atom stereocenters. The maximum Gasteiger partial charge on any atom is 0.259 e. The molecule has 0 saturated heterocycles. The van der Waals surface area contributed by atoms with Crippen LogP contribution in [0.2, 0.25) is 0 Å². The van der Waals surface area contributed by atoms with Crippen molar-refractivity contribution in [1.82, 2.24) is 14.3 Å². The van der Waals surface area contributed by atoms with Crippen molar-refractivity contribution in [3.8, 4) is 0 Å². The Morgan fingerprint density at radius 3 is 2.71 bits per heavy atom. The van der Waals surface area contributed by atoms with Crippen molar-refractivity contribution < 1.29 is 8.42 Å². The standard InChI is InChI=1S/C10H18BrN3O2S/c1-4-14-7-10(13-9(14)3)17(15,16)12-6-5-8(2)11/h7-8,12H,4-6H2,1-3H3. The maximum absolute atomic E-state index is 11.9. The Morgan fingerprint density at radius 1 is 1.59 bits per heavy atom. The summed E-state index contributed by atoms with van der Waals surface area (Å²) in [6, 6.07) is 0. The van der Waals surface area contributed by atoms with Crippen LogP contribution in [0, 0.1) is 6.92 Å². The lowest BCUT2D eigenvalue weighted by Gasteiger charge is -2.05. The summed E-state index contributed by atoms with van der Waals surface area (Å²) in [7, 11) is -3.47. The minimum Gasteiger partial charge on any atom is -0.334 e. The number of aryl methyl sites for hydroxylation is 2. The van der Waals surface area contributed by atoms with Crippen LogP contribution in [0.25, 0.3) is 0 Å². The molecular formula is C10H18BrN3O2S. The first-order valence-corrected chi connectivity index (χ1v) is 7.94. The van der Waals surface area contributed by atoms with E-state index in [4.69, 9.17) is 0 Å². The molecule has 5 nitrogen and oxygen atoms in total. The van der Waals surface area contributed by atoms with Gasteiger partial charge in [0.15, 0.2) is 5.03 Å². The number of imidazole rings is 1. The summed E-state index contributed by atoms with van der Waals surface area (Å²) in [5.74, 6) is 0.710. The highest BCUT2D eigenvalue weighted by molar-refractivity contribution is 9.09. The second-order valence-corrected chi connectivity index (χ2v) is 7.16. The largest absolute Gasteiger partial charge is 0.334 e. The highest BCUT2D eigenvalue weighted by atomic mass is 79.9. The minimum absolute atomic E-state index is 0.0964. The molecule has 7 heteroatoms. The zero-order chi connectivity index (χ0) is 13.1. The number of nitrogens with zero attached hydrogens (tertiary/aromatic N) is 2. The van der Waals surface area contributed by atoms with Gasteiger partial charge in [0.05, 0.1) is 0 Å². The van der Waals surface area contributed by atoms with Gasteiger partial charge in [-0.3, -0.25) is 0 Å². The number of sulfonamides is 1. The zero-order valence-electron chi connectivity index (χ0n) is 10.3. The summed E-state index contributed by atoms with van der Waals surface area (Å²) in [5.41, 5.74) is 0.